The fourth-order valence-corrected chi connectivity index (χ4v) is 1.41. The molecule has 1 atom stereocenters. The lowest BCUT2D eigenvalue weighted by atomic mass is 9.96. The molecule has 0 bridgehead atoms. The number of carbonyl (C=O) groups excluding carboxylic acids is 1. The third-order valence-electron chi connectivity index (χ3n) is 2.85. The predicted octanol–water partition coefficient (Wildman–Crippen LogP) is 1.90. The monoisotopic (exact) mass is 215 g/mol. The van der Waals surface area contributed by atoms with Crippen molar-refractivity contribution in [1.29, 1.82) is 0 Å². The summed E-state index contributed by atoms with van der Waals surface area (Å²) in [6.07, 6.45) is 0.661. The van der Waals surface area contributed by atoms with Gasteiger partial charge in [-0.25, -0.2) is 0 Å². The molecular weight excluding hydrogens is 190 g/mol. The van der Waals surface area contributed by atoms with Gasteiger partial charge in [0.2, 0.25) is 5.91 Å². The van der Waals surface area contributed by atoms with Gasteiger partial charge in [0.05, 0.1) is 0 Å². The van der Waals surface area contributed by atoms with E-state index >= 15 is 0 Å². The van der Waals surface area contributed by atoms with Crippen molar-refractivity contribution < 1.29 is 9.90 Å². The van der Waals surface area contributed by atoms with E-state index in [9.17, 15) is 4.79 Å². The lowest BCUT2D eigenvalue weighted by Crippen LogP contribution is -2.42. The Morgan fingerprint density at radius 2 is 1.73 bits per heavy atom. The van der Waals surface area contributed by atoms with Crippen molar-refractivity contribution in [2.24, 2.45) is 11.8 Å². The van der Waals surface area contributed by atoms with Gasteiger partial charge in [-0.2, -0.15) is 0 Å². The smallest absolute Gasteiger partial charge is 0.225 e. The zero-order valence-electron chi connectivity index (χ0n) is 10.7. The normalized spacial score (nSPS) is 13.3. The Morgan fingerprint density at radius 3 is 2.07 bits per heavy atom. The van der Waals surface area contributed by atoms with E-state index in [1.807, 2.05) is 25.7 Å². The molecule has 0 saturated carbocycles. The first kappa shape index (κ1) is 14.4. The average molecular weight is 215 g/mol. The Morgan fingerprint density at radius 1 is 1.20 bits per heavy atom. The largest absolute Gasteiger partial charge is 0.396 e. The van der Waals surface area contributed by atoms with Crippen molar-refractivity contribution in [1.82, 2.24) is 4.90 Å². The number of aliphatic hydroxyl groups is 1. The highest BCUT2D eigenvalue weighted by Gasteiger charge is 2.24. The minimum absolute atomic E-state index is 0.0612. The summed E-state index contributed by atoms with van der Waals surface area (Å²) in [6.45, 7) is 10.9. The molecule has 0 radical (unpaired) electrons. The van der Waals surface area contributed by atoms with E-state index in [-0.39, 0.29) is 24.5 Å². The van der Waals surface area contributed by atoms with Crippen LogP contribution in [0, 0.1) is 11.8 Å². The highest BCUT2D eigenvalue weighted by Crippen LogP contribution is 2.15. The van der Waals surface area contributed by atoms with Crippen LogP contribution in [0.5, 0.6) is 0 Å². The molecule has 0 aromatic carbocycles. The summed E-state index contributed by atoms with van der Waals surface area (Å²) in [5.74, 6) is 0.632. The summed E-state index contributed by atoms with van der Waals surface area (Å²) in [5.41, 5.74) is 0. The Hall–Kier alpha value is -0.570. The molecule has 3 heteroatoms. The highest BCUT2D eigenvalue weighted by molar-refractivity contribution is 5.79. The van der Waals surface area contributed by atoms with Gasteiger partial charge in [-0.15, -0.1) is 0 Å². The fraction of sp³-hybridized carbons (Fsp3) is 0.917. The molecule has 1 amide bonds. The van der Waals surface area contributed by atoms with Crippen LogP contribution in [0.1, 0.15) is 41.0 Å². The van der Waals surface area contributed by atoms with Crippen molar-refractivity contribution in [3.05, 3.63) is 0 Å². The van der Waals surface area contributed by atoms with Crippen LogP contribution in [-0.4, -0.2) is 35.1 Å². The van der Waals surface area contributed by atoms with Crippen molar-refractivity contribution >= 4 is 5.91 Å². The molecular formula is C12H25NO2. The summed E-state index contributed by atoms with van der Waals surface area (Å²) in [7, 11) is 0. The fourth-order valence-electron chi connectivity index (χ4n) is 1.41. The number of hydrogen-bond acceptors (Lipinski definition) is 2. The number of aliphatic hydroxyl groups excluding tert-OH is 1. The highest BCUT2D eigenvalue weighted by atomic mass is 16.3. The van der Waals surface area contributed by atoms with E-state index in [1.165, 1.54) is 0 Å². The molecule has 1 unspecified atom stereocenters. The van der Waals surface area contributed by atoms with Crippen molar-refractivity contribution in [3.8, 4) is 0 Å². The standard InChI is InChI=1S/C12H25NO2/c1-9(2)11(5)12(15)13(10(3)4)7-6-8-14/h9-11,14H,6-8H2,1-5H3. The van der Waals surface area contributed by atoms with Gasteiger partial charge in [0.25, 0.3) is 0 Å². The third kappa shape index (κ3) is 4.65. The van der Waals surface area contributed by atoms with Gasteiger partial charge in [-0.1, -0.05) is 20.8 Å². The van der Waals surface area contributed by atoms with Crippen molar-refractivity contribution in [2.45, 2.75) is 47.1 Å². The molecule has 1 N–H and O–H groups in total. The summed E-state index contributed by atoms with van der Waals surface area (Å²) in [5, 5.41) is 8.79. The Bertz CT molecular complexity index is 190. The molecule has 90 valence electrons. The zero-order valence-corrected chi connectivity index (χ0v) is 10.7. The average Bonchev–Trinajstić information content (AvgIpc) is 2.16. The maximum Gasteiger partial charge on any atom is 0.225 e. The summed E-state index contributed by atoms with van der Waals surface area (Å²) >= 11 is 0. The quantitative estimate of drug-likeness (QED) is 0.735. The second-order valence-corrected chi connectivity index (χ2v) is 4.74. The molecule has 0 saturated heterocycles. The lowest BCUT2D eigenvalue weighted by Gasteiger charge is -2.30. The minimum Gasteiger partial charge on any atom is -0.396 e. The maximum atomic E-state index is 12.1. The van der Waals surface area contributed by atoms with Gasteiger partial charge in [0, 0.05) is 25.1 Å². The molecule has 0 aromatic rings. The van der Waals surface area contributed by atoms with Gasteiger partial charge in [0.15, 0.2) is 0 Å². The molecule has 0 fully saturated rings. The van der Waals surface area contributed by atoms with Crippen molar-refractivity contribution in [3.63, 3.8) is 0 Å². The summed E-state index contributed by atoms with van der Waals surface area (Å²) in [6, 6.07) is 0.213. The van der Waals surface area contributed by atoms with Gasteiger partial charge in [-0.05, 0) is 26.2 Å². The van der Waals surface area contributed by atoms with Crippen LogP contribution in [0.4, 0.5) is 0 Å². The topological polar surface area (TPSA) is 40.5 Å². The van der Waals surface area contributed by atoms with Crippen LogP contribution in [0.15, 0.2) is 0 Å². The number of nitrogens with zero attached hydrogens (tertiary/aromatic N) is 1. The zero-order chi connectivity index (χ0) is 12.0. The van der Waals surface area contributed by atoms with Gasteiger partial charge in [0.1, 0.15) is 0 Å². The van der Waals surface area contributed by atoms with Crippen LogP contribution in [0.25, 0.3) is 0 Å². The number of hydrogen-bond donors (Lipinski definition) is 1. The predicted molar refractivity (Wildman–Crippen MR) is 62.6 cm³/mol. The van der Waals surface area contributed by atoms with Crippen LogP contribution in [0.2, 0.25) is 0 Å². The molecule has 15 heavy (non-hydrogen) atoms. The Balaban J connectivity index is 4.41. The molecule has 0 aliphatic heterocycles. The molecule has 0 rings (SSSR count). The van der Waals surface area contributed by atoms with Gasteiger partial charge >= 0.3 is 0 Å². The Labute approximate surface area is 93.5 Å². The molecule has 0 heterocycles. The molecule has 0 spiro atoms. The van der Waals surface area contributed by atoms with Gasteiger partial charge in [-0.3, -0.25) is 4.79 Å². The number of carbonyl (C=O) groups is 1. The van der Waals surface area contributed by atoms with Crippen LogP contribution < -0.4 is 0 Å². The Kier molecular flexibility index (Phi) is 6.57. The summed E-state index contributed by atoms with van der Waals surface area (Å²) in [4.78, 5) is 13.9. The molecule has 0 aliphatic rings. The maximum absolute atomic E-state index is 12.1. The SMILES string of the molecule is CC(C)C(C)C(=O)N(CCCO)C(C)C. The van der Waals surface area contributed by atoms with E-state index in [0.29, 0.717) is 18.9 Å². The van der Waals surface area contributed by atoms with E-state index in [4.69, 9.17) is 5.11 Å². The van der Waals surface area contributed by atoms with Crippen molar-refractivity contribution in [2.75, 3.05) is 13.2 Å². The first-order chi connectivity index (χ1) is 6.91. The lowest BCUT2D eigenvalue weighted by molar-refractivity contribution is -0.138. The van der Waals surface area contributed by atoms with E-state index < -0.39 is 0 Å². The minimum atomic E-state index is 0.0612. The second-order valence-electron chi connectivity index (χ2n) is 4.74. The van der Waals surface area contributed by atoms with E-state index in [2.05, 4.69) is 13.8 Å². The van der Waals surface area contributed by atoms with Crippen LogP contribution in [-0.2, 0) is 4.79 Å². The molecule has 3 nitrogen and oxygen atoms in total. The first-order valence-corrected chi connectivity index (χ1v) is 5.83. The molecule has 0 aliphatic carbocycles. The van der Waals surface area contributed by atoms with E-state index in [0.717, 1.165) is 0 Å². The summed E-state index contributed by atoms with van der Waals surface area (Å²) < 4.78 is 0. The third-order valence-corrected chi connectivity index (χ3v) is 2.85. The van der Waals surface area contributed by atoms with E-state index in [1.54, 1.807) is 0 Å². The van der Waals surface area contributed by atoms with Gasteiger partial charge < -0.3 is 10.0 Å². The number of amides is 1. The van der Waals surface area contributed by atoms with Crippen LogP contribution >= 0.6 is 0 Å². The number of rotatable bonds is 6. The second kappa shape index (κ2) is 6.83. The first-order valence-electron chi connectivity index (χ1n) is 5.83. The molecule has 0 aromatic heterocycles. The van der Waals surface area contributed by atoms with Crippen LogP contribution in [0.3, 0.4) is 0 Å².